The van der Waals surface area contributed by atoms with Gasteiger partial charge < -0.3 is 33.1 Å². The molecule has 59 heavy (non-hydrogen) atoms. The molecular formula is C46H54N7O5P. The second-order valence-corrected chi connectivity index (χ2v) is 16.1. The zero-order chi connectivity index (χ0) is 41.8. The first-order valence-electron chi connectivity index (χ1n) is 19.9. The predicted molar refractivity (Wildman–Crippen MR) is 233 cm³/mol. The fraction of sp³-hybridized carbons (Fsp3) is 0.348. The normalized spacial score (nSPS) is 13.4. The summed E-state index contributed by atoms with van der Waals surface area (Å²) < 4.78 is 36.3. The van der Waals surface area contributed by atoms with Gasteiger partial charge in [-0.3, -0.25) is 0 Å². The number of imidazole rings is 1. The quantitative estimate of drug-likeness (QED) is 0.0424. The lowest BCUT2D eigenvalue weighted by Gasteiger charge is -2.40. The number of ether oxygens (including phenoxy) is 3. The number of anilines is 2. The molecule has 308 valence electrons. The largest absolute Gasteiger partial charge is 0.497 e. The topological polar surface area (TPSA) is 129 Å². The van der Waals surface area contributed by atoms with Gasteiger partial charge in [0.25, 0.3) is 8.53 Å². The van der Waals surface area contributed by atoms with E-state index in [9.17, 15) is 5.26 Å². The molecule has 0 spiro atoms. The highest BCUT2D eigenvalue weighted by Crippen LogP contribution is 2.49. The molecule has 13 heteroatoms. The van der Waals surface area contributed by atoms with Crippen molar-refractivity contribution in [2.45, 2.75) is 71.4 Å². The van der Waals surface area contributed by atoms with Gasteiger partial charge in [0, 0.05) is 30.2 Å². The number of nitrogens with one attached hydrogen (secondary N) is 1. The van der Waals surface area contributed by atoms with Crippen molar-refractivity contribution in [2.24, 2.45) is 5.92 Å². The number of benzene rings is 4. The Balaban J connectivity index is 1.44. The summed E-state index contributed by atoms with van der Waals surface area (Å²) >= 11 is 0. The number of rotatable bonds is 21. The first-order chi connectivity index (χ1) is 28.7. The number of aromatic nitrogens is 4. The molecular weight excluding hydrogens is 762 g/mol. The minimum absolute atomic E-state index is 0.130. The molecule has 0 aliphatic rings. The predicted octanol–water partition coefficient (Wildman–Crippen LogP) is 9.89. The summed E-state index contributed by atoms with van der Waals surface area (Å²) in [4.78, 5) is 14.1. The standard InChI is InChI=1S/C46H54N7O5P/c1-33(2)53(34(3)4)59(57-28-14-27-47)58-35(5)36(29-52-32-50-43-44(48-31-49-45(43)52)51-40-17-12-9-13-18-40)30-56-46(37-15-10-8-11-16-37,38-19-23-41(54-6)24-20-38)39-21-25-42(55-7)26-22-39/h8-13,15-26,31-36H,14,28-30H2,1-7H3,(H,48,49,51)/t35-,36+,59?/m1/s1. The molecule has 4 aromatic carbocycles. The average molecular weight is 816 g/mol. The van der Waals surface area contributed by atoms with Crippen LogP contribution in [0.3, 0.4) is 0 Å². The Labute approximate surface area is 349 Å². The van der Waals surface area contributed by atoms with Gasteiger partial charge in [0.2, 0.25) is 0 Å². The highest BCUT2D eigenvalue weighted by atomic mass is 31.2. The Morgan fingerprint density at radius 1 is 0.763 bits per heavy atom. The van der Waals surface area contributed by atoms with E-state index in [1.807, 2.05) is 77.4 Å². The number of nitriles is 1. The Hall–Kier alpha value is -5.41. The van der Waals surface area contributed by atoms with Crippen molar-refractivity contribution in [3.8, 4) is 17.6 Å². The highest BCUT2D eigenvalue weighted by Gasteiger charge is 2.40. The molecule has 2 heterocycles. The van der Waals surface area contributed by atoms with Crippen LogP contribution in [0.4, 0.5) is 11.5 Å². The van der Waals surface area contributed by atoms with Crippen molar-refractivity contribution in [2.75, 3.05) is 32.8 Å². The molecule has 0 aliphatic heterocycles. The van der Waals surface area contributed by atoms with Crippen LogP contribution in [0.2, 0.25) is 0 Å². The maximum Gasteiger partial charge on any atom is 0.259 e. The van der Waals surface area contributed by atoms with Crippen molar-refractivity contribution in [1.82, 2.24) is 24.2 Å². The third-order valence-electron chi connectivity index (χ3n) is 10.1. The molecule has 6 rings (SSSR count). The molecule has 0 fully saturated rings. The number of nitrogens with zero attached hydrogens (tertiary/aromatic N) is 6. The maximum absolute atomic E-state index is 9.39. The smallest absolute Gasteiger partial charge is 0.259 e. The van der Waals surface area contributed by atoms with E-state index in [4.69, 9.17) is 33.2 Å². The zero-order valence-electron chi connectivity index (χ0n) is 34.9. The van der Waals surface area contributed by atoms with Crippen LogP contribution in [0, 0.1) is 17.2 Å². The Bertz CT molecular complexity index is 2180. The van der Waals surface area contributed by atoms with Crippen LogP contribution in [0.5, 0.6) is 11.5 Å². The highest BCUT2D eigenvalue weighted by molar-refractivity contribution is 7.44. The lowest BCUT2D eigenvalue weighted by Crippen LogP contribution is -2.39. The molecule has 0 bridgehead atoms. The Morgan fingerprint density at radius 2 is 1.34 bits per heavy atom. The Morgan fingerprint density at radius 3 is 1.90 bits per heavy atom. The summed E-state index contributed by atoms with van der Waals surface area (Å²) in [7, 11) is 1.76. The fourth-order valence-electron chi connectivity index (χ4n) is 7.18. The number of hydrogen-bond acceptors (Lipinski definition) is 11. The summed E-state index contributed by atoms with van der Waals surface area (Å²) in [6.07, 6.45) is 3.21. The van der Waals surface area contributed by atoms with Crippen LogP contribution < -0.4 is 14.8 Å². The summed E-state index contributed by atoms with van der Waals surface area (Å²) in [5.74, 6) is 1.83. The molecule has 1 N–H and O–H groups in total. The first kappa shape index (κ1) is 43.2. The molecule has 3 atom stereocenters. The second kappa shape index (κ2) is 20.5. The SMILES string of the molecule is COc1ccc(C(OC[C@H](Cn2cnc3c(Nc4ccccc4)ncnc32)[C@@H](C)OP(OCCC#N)N(C(C)C)C(C)C)(c2ccccc2)c2ccc(OC)cc2)cc1. The van der Waals surface area contributed by atoms with E-state index in [1.165, 1.54) is 0 Å². The van der Waals surface area contributed by atoms with Gasteiger partial charge in [-0.2, -0.15) is 5.26 Å². The van der Waals surface area contributed by atoms with Crippen molar-refractivity contribution in [1.29, 1.82) is 5.26 Å². The van der Waals surface area contributed by atoms with Gasteiger partial charge in [-0.25, -0.2) is 19.6 Å². The van der Waals surface area contributed by atoms with E-state index < -0.39 is 20.2 Å². The third kappa shape index (κ3) is 10.3. The van der Waals surface area contributed by atoms with Crippen LogP contribution in [0.1, 0.15) is 57.7 Å². The minimum Gasteiger partial charge on any atom is -0.497 e. The molecule has 12 nitrogen and oxygen atoms in total. The molecule has 0 saturated heterocycles. The maximum atomic E-state index is 9.39. The lowest BCUT2D eigenvalue weighted by atomic mass is 9.79. The van der Waals surface area contributed by atoms with E-state index >= 15 is 0 Å². The second-order valence-electron chi connectivity index (χ2n) is 14.7. The van der Waals surface area contributed by atoms with Gasteiger partial charge in [0.1, 0.15) is 23.4 Å². The van der Waals surface area contributed by atoms with E-state index in [-0.39, 0.29) is 37.6 Å². The van der Waals surface area contributed by atoms with Gasteiger partial charge in [0.05, 0.1) is 52.4 Å². The van der Waals surface area contributed by atoms with Crippen LogP contribution in [-0.2, 0) is 25.9 Å². The monoisotopic (exact) mass is 815 g/mol. The molecule has 2 aromatic heterocycles. The van der Waals surface area contributed by atoms with Crippen molar-refractivity contribution in [3.05, 3.63) is 139 Å². The van der Waals surface area contributed by atoms with E-state index in [2.05, 4.69) is 92.1 Å². The van der Waals surface area contributed by atoms with Gasteiger partial charge >= 0.3 is 0 Å². The molecule has 1 unspecified atom stereocenters. The molecule has 0 aliphatic carbocycles. The third-order valence-corrected chi connectivity index (χ3v) is 12.4. The van der Waals surface area contributed by atoms with Gasteiger partial charge in [-0.05, 0) is 87.7 Å². The van der Waals surface area contributed by atoms with Crippen molar-refractivity contribution in [3.63, 3.8) is 0 Å². The molecule has 0 saturated carbocycles. The van der Waals surface area contributed by atoms with Gasteiger partial charge in [0.15, 0.2) is 17.0 Å². The van der Waals surface area contributed by atoms with Crippen molar-refractivity contribution < 1.29 is 23.3 Å². The lowest BCUT2D eigenvalue weighted by molar-refractivity contribution is -0.0357. The number of fused-ring (bicyclic) bond motifs is 1. The van der Waals surface area contributed by atoms with E-state index in [0.717, 1.165) is 33.9 Å². The van der Waals surface area contributed by atoms with Gasteiger partial charge in [-0.1, -0.05) is 72.8 Å². The molecule has 6 aromatic rings. The molecule has 0 amide bonds. The minimum atomic E-state index is -1.56. The summed E-state index contributed by atoms with van der Waals surface area (Å²) in [5, 5.41) is 12.8. The van der Waals surface area contributed by atoms with Crippen LogP contribution >= 0.6 is 8.53 Å². The average Bonchev–Trinajstić information content (AvgIpc) is 3.67. The number of hydrogen-bond donors (Lipinski definition) is 1. The van der Waals surface area contributed by atoms with E-state index in [1.54, 1.807) is 26.9 Å². The van der Waals surface area contributed by atoms with Crippen LogP contribution in [0.25, 0.3) is 11.2 Å². The number of para-hydroxylation sites is 1. The summed E-state index contributed by atoms with van der Waals surface area (Å²) in [6, 6.07) is 38.6. The summed E-state index contributed by atoms with van der Waals surface area (Å²) in [6.45, 7) is 11.6. The number of methoxy groups -OCH3 is 2. The first-order valence-corrected chi connectivity index (χ1v) is 21.0. The van der Waals surface area contributed by atoms with Crippen molar-refractivity contribution >= 4 is 31.2 Å². The summed E-state index contributed by atoms with van der Waals surface area (Å²) in [5.41, 5.74) is 3.96. The fourth-order valence-corrected chi connectivity index (χ4v) is 8.94. The molecule has 0 radical (unpaired) electrons. The Kier molecular flexibility index (Phi) is 15.0. The van der Waals surface area contributed by atoms with Crippen LogP contribution in [0.15, 0.2) is 122 Å². The van der Waals surface area contributed by atoms with E-state index in [0.29, 0.717) is 23.5 Å². The van der Waals surface area contributed by atoms with Crippen LogP contribution in [-0.4, -0.2) is 69.8 Å². The zero-order valence-corrected chi connectivity index (χ0v) is 35.8. The van der Waals surface area contributed by atoms with Gasteiger partial charge in [-0.15, -0.1) is 0 Å².